The molecule has 2 heterocycles. The number of benzene rings is 1. The van der Waals surface area contributed by atoms with Crippen molar-refractivity contribution in [1.29, 1.82) is 0 Å². The van der Waals surface area contributed by atoms with Gasteiger partial charge >= 0.3 is 5.97 Å². The number of thiophene rings is 1. The van der Waals surface area contributed by atoms with Crippen LogP contribution < -0.4 is 10.0 Å². The highest BCUT2D eigenvalue weighted by atomic mass is 32.2. The molecule has 0 saturated heterocycles. The molecule has 178 valence electrons. The van der Waals surface area contributed by atoms with E-state index >= 15 is 0 Å². The summed E-state index contributed by atoms with van der Waals surface area (Å²) in [5.74, 6) is -1.03. The molecule has 0 bridgehead atoms. The Bertz CT molecular complexity index is 1250. The van der Waals surface area contributed by atoms with Gasteiger partial charge in [-0.15, -0.1) is 11.3 Å². The molecule has 1 aliphatic carbocycles. The lowest BCUT2D eigenvalue weighted by Gasteiger charge is -2.16. The molecule has 11 heteroatoms. The van der Waals surface area contributed by atoms with Crippen LogP contribution in [-0.2, 0) is 32.4 Å². The fourth-order valence-electron chi connectivity index (χ4n) is 3.57. The number of carbonyl (C=O) groups is 2. The maximum atomic E-state index is 12.7. The van der Waals surface area contributed by atoms with Crippen LogP contribution in [0.1, 0.15) is 46.3 Å². The first-order chi connectivity index (χ1) is 16.4. The van der Waals surface area contributed by atoms with E-state index in [1.807, 2.05) is 6.07 Å². The van der Waals surface area contributed by atoms with E-state index in [0.29, 0.717) is 17.0 Å². The van der Waals surface area contributed by atoms with E-state index in [2.05, 4.69) is 20.0 Å². The topological polar surface area (TPSA) is 127 Å². The molecule has 1 atom stereocenters. The number of nitrogens with zero attached hydrogens (tertiary/aromatic N) is 2. The van der Waals surface area contributed by atoms with Crippen molar-refractivity contribution in [3.8, 4) is 0 Å². The molecule has 0 spiro atoms. The molecule has 1 amide bonds. The number of esters is 1. The first-order valence-corrected chi connectivity index (χ1v) is 13.2. The average Bonchev–Trinajstić information content (AvgIpc) is 3.27. The summed E-state index contributed by atoms with van der Waals surface area (Å²) in [6.07, 6.45) is 6.37. The third kappa shape index (κ3) is 5.60. The number of hydrogen-bond donors (Lipinski definition) is 2. The Balaban J connectivity index is 1.38. The Morgan fingerprint density at radius 3 is 2.50 bits per heavy atom. The van der Waals surface area contributed by atoms with E-state index in [1.54, 1.807) is 13.0 Å². The van der Waals surface area contributed by atoms with E-state index in [9.17, 15) is 18.0 Å². The van der Waals surface area contributed by atoms with Crippen LogP contribution in [0.3, 0.4) is 0 Å². The van der Waals surface area contributed by atoms with Crippen LogP contribution in [0.5, 0.6) is 0 Å². The zero-order chi connectivity index (χ0) is 24.1. The summed E-state index contributed by atoms with van der Waals surface area (Å²) in [6, 6.07) is 9.07. The fraction of sp³-hybridized carbons (Fsp3) is 0.304. The number of carbonyl (C=O) groups excluding carboxylic acids is 2. The number of aromatic nitrogens is 2. The Hall–Kier alpha value is -3.31. The number of fused-ring (bicyclic) bond motifs is 1. The highest BCUT2D eigenvalue weighted by Gasteiger charge is 2.25. The van der Waals surface area contributed by atoms with Crippen molar-refractivity contribution in [2.75, 3.05) is 10.0 Å². The summed E-state index contributed by atoms with van der Waals surface area (Å²) in [4.78, 5) is 34.7. The van der Waals surface area contributed by atoms with E-state index in [4.69, 9.17) is 4.74 Å². The molecular formula is C23H24N4O5S2. The first-order valence-electron chi connectivity index (χ1n) is 10.9. The van der Waals surface area contributed by atoms with Gasteiger partial charge in [0.05, 0.1) is 4.90 Å². The summed E-state index contributed by atoms with van der Waals surface area (Å²) < 4.78 is 32.7. The molecule has 0 saturated carbocycles. The molecule has 0 radical (unpaired) electrons. The Labute approximate surface area is 201 Å². The Morgan fingerprint density at radius 2 is 1.82 bits per heavy atom. The van der Waals surface area contributed by atoms with Gasteiger partial charge in [0.25, 0.3) is 15.9 Å². The molecule has 3 aromatic rings. The monoisotopic (exact) mass is 500 g/mol. The van der Waals surface area contributed by atoms with Crippen molar-refractivity contribution in [3.05, 3.63) is 64.1 Å². The number of sulfonamides is 1. The van der Waals surface area contributed by atoms with Crippen LogP contribution in [0.15, 0.2) is 53.7 Å². The second-order valence-electron chi connectivity index (χ2n) is 7.76. The predicted octanol–water partition coefficient (Wildman–Crippen LogP) is 3.79. The van der Waals surface area contributed by atoms with Crippen LogP contribution in [0.2, 0.25) is 0 Å². The molecule has 2 aromatic heterocycles. The van der Waals surface area contributed by atoms with Gasteiger partial charge in [0.15, 0.2) is 6.10 Å². The van der Waals surface area contributed by atoms with Crippen LogP contribution in [-0.4, -0.2) is 36.4 Å². The molecule has 0 fully saturated rings. The third-order valence-corrected chi connectivity index (χ3v) is 7.90. The Kier molecular flexibility index (Phi) is 7.23. The highest BCUT2D eigenvalue weighted by Crippen LogP contribution is 2.30. The summed E-state index contributed by atoms with van der Waals surface area (Å²) >= 11 is 1.44. The van der Waals surface area contributed by atoms with Crippen LogP contribution >= 0.6 is 11.3 Å². The van der Waals surface area contributed by atoms with Gasteiger partial charge in [-0.05, 0) is 74.1 Å². The highest BCUT2D eigenvalue weighted by molar-refractivity contribution is 7.92. The van der Waals surface area contributed by atoms with Crippen molar-refractivity contribution in [1.82, 2.24) is 9.97 Å². The molecule has 4 rings (SSSR count). The number of hydrogen-bond acceptors (Lipinski definition) is 8. The van der Waals surface area contributed by atoms with Gasteiger partial charge in [0, 0.05) is 23.0 Å². The first kappa shape index (κ1) is 23.8. The molecule has 1 aliphatic rings. The quantitative estimate of drug-likeness (QED) is 0.451. The summed E-state index contributed by atoms with van der Waals surface area (Å²) in [6.45, 7) is 1.75. The average molecular weight is 501 g/mol. The second kappa shape index (κ2) is 10.3. The van der Waals surface area contributed by atoms with Crippen molar-refractivity contribution >= 4 is 44.9 Å². The van der Waals surface area contributed by atoms with Gasteiger partial charge in [0.2, 0.25) is 5.95 Å². The number of ether oxygens (including phenoxy) is 1. The zero-order valence-corrected chi connectivity index (χ0v) is 20.1. The van der Waals surface area contributed by atoms with E-state index in [0.717, 1.165) is 25.7 Å². The Morgan fingerprint density at radius 1 is 1.12 bits per heavy atom. The predicted molar refractivity (Wildman–Crippen MR) is 128 cm³/mol. The lowest BCUT2D eigenvalue weighted by atomic mass is 9.99. The van der Waals surface area contributed by atoms with Crippen LogP contribution in [0.4, 0.5) is 11.6 Å². The van der Waals surface area contributed by atoms with Gasteiger partial charge in [0.1, 0.15) is 4.88 Å². The zero-order valence-electron chi connectivity index (χ0n) is 18.5. The lowest BCUT2D eigenvalue weighted by molar-refractivity contribution is -0.124. The smallest absolute Gasteiger partial charge is 0.349 e. The lowest BCUT2D eigenvalue weighted by Crippen LogP contribution is -2.31. The van der Waals surface area contributed by atoms with Gasteiger partial charge in [-0.1, -0.05) is 6.92 Å². The fourth-order valence-corrected chi connectivity index (χ4v) is 5.67. The molecule has 1 unspecified atom stereocenters. The third-order valence-electron chi connectivity index (χ3n) is 5.33. The normalized spacial score (nSPS) is 14.0. The number of rotatable bonds is 8. The molecule has 1 aromatic carbocycles. The molecular weight excluding hydrogens is 476 g/mol. The summed E-state index contributed by atoms with van der Waals surface area (Å²) in [5, 5.41) is 2.67. The molecule has 0 aliphatic heterocycles. The minimum absolute atomic E-state index is 0.0157. The second-order valence-corrected chi connectivity index (χ2v) is 10.6. The van der Waals surface area contributed by atoms with Crippen LogP contribution in [0.25, 0.3) is 0 Å². The van der Waals surface area contributed by atoms with Gasteiger partial charge in [-0.3, -0.25) is 4.79 Å². The standard InChI is InChI=1S/C23H24N4O5S2/c1-2-18(32-22(29)20-14-15-6-3-4-7-19(15)33-20)21(28)26-16-8-10-17(11-9-16)34(30,31)27-23-24-12-5-13-25-23/h5,8-14,18H,2-4,6-7H2,1H3,(H,26,28)(H,24,25,27). The van der Waals surface area contributed by atoms with Gasteiger partial charge in [-0.25, -0.2) is 27.9 Å². The minimum Gasteiger partial charge on any atom is -0.448 e. The summed E-state index contributed by atoms with van der Waals surface area (Å²) in [7, 11) is -3.88. The number of anilines is 2. The SMILES string of the molecule is CCC(OC(=O)c1cc2c(s1)CCCC2)C(=O)Nc1ccc(S(=O)(=O)Nc2ncccn2)cc1. The minimum atomic E-state index is -3.88. The van der Waals surface area contributed by atoms with E-state index in [-0.39, 0.29) is 10.8 Å². The van der Waals surface area contributed by atoms with Crippen molar-refractivity contribution in [3.63, 3.8) is 0 Å². The van der Waals surface area contributed by atoms with Crippen molar-refractivity contribution < 1.29 is 22.7 Å². The molecule has 9 nitrogen and oxygen atoms in total. The number of aryl methyl sites for hydroxylation is 2. The van der Waals surface area contributed by atoms with Crippen LogP contribution in [0, 0.1) is 0 Å². The number of amides is 1. The largest absolute Gasteiger partial charge is 0.448 e. The maximum Gasteiger partial charge on any atom is 0.349 e. The summed E-state index contributed by atoms with van der Waals surface area (Å²) in [5.41, 5.74) is 1.57. The van der Waals surface area contributed by atoms with E-state index < -0.39 is 28.0 Å². The number of nitrogens with one attached hydrogen (secondary N) is 2. The molecule has 34 heavy (non-hydrogen) atoms. The van der Waals surface area contributed by atoms with Crippen molar-refractivity contribution in [2.24, 2.45) is 0 Å². The molecule has 2 N–H and O–H groups in total. The van der Waals surface area contributed by atoms with E-state index in [1.165, 1.54) is 58.4 Å². The van der Waals surface area contributed by atoms with Gasteiger partial charge < -0.3 is 10.1 Å². The van der Waals surface area contributed by atoms with Gasteiger partial charge in [-0.2, -0.15) is 0 Å². The maximum absolute atomic E-state index is 12.7. The van der Waals surface area contributed by atoms with Crippen molar-refractivity contribution in [2.45, 2.75) is 50.0 Å².